The van der Waals surface area contributed by atoms with Crippen molar-refractivity contribution >= 4 is 0 Å². The Labute approximate surface area is 107 Å². The first kappa shape index (κ1) is 15.0. The second-order valence-corrected chi connectivity index (χ2v) is 5.70. The van der Waals surface area contributed by atoms with E-state index in [1.54, 1.807) is 0 Å². The van der Waals surface area contributed by atoms with Gasteiger partial charge in [-0.2, -0.15) is 0 Å². The molecule has 1 aliphatic rings. The molecule has 1 saturated carbocycles. The molecule has 0 aromatic heterocycles. The van der Waals surface area contributed by atoms with Crippen molar-refractivity contribution in [1.29, 1.82) is 0 Å². The van der Waals surface area contributed by atoms with Gasteiger partial charge in [0.25, 0.3) is 0 Å². The number of rotatable bonds is 9. The Kier molecular flexibility index (Phi) is 8.72. The van der Waals surface area contributed by atoms with Gasteiger partial charge in [-0.15, -0.1) is 0 Å². The molecule has 0 amide bonds. The van der Waals surface area contributed by atoms with Crippen LogP contribution in [0.1, 0.15) is 64.7 Å². The van der Waals surface area contributed by atoms with E-state index in [1.807, 2.05) is 0 Å². The van der Waals surface area contributed by atoms with Crippen molar-refractivity contribution in [2.24, 2.45) is 11.8 Å². The fourth-order valence-electron chi connectivity index (χ4n) is 2.97. The molecule has 1 aliphatic carbocycles. The van der Waals surface area contributed by atoms with Gasteiger partial charge in [-0.05, 0) is 44.2 Å². The molecule has 2 unspecified atom stereocenters. The quantitative estimate of drug-likeness (QED) is 0.607. The summed E-state index contributed by atoms with van der Waals surface area (Å²) in [5, 5.41) is 12.1. The molecular weight excluding hydrogens is 210 g/mol. The first-order valence-electron chi connectivity index (χ1n) is 7.66. The Hall–Kier alpha value is -0.0800. The summed E-state index contributed by atoms with van der Waals surface area (Å²) in [6.45, 7) is 5.01. The lowest BCUT2D eigenvalue weighted by atomic mass is 9.78. The third-order valence-electron chi connectivity index (χ3n) is 4.23. The molecule has 0 aromatic rings. The average molecular weight is 241 g/mol. The fraction of sp³-hybridized carbons (Fsp3) is 1.00. The van der Waals surface area contributed by atoms with E-state index in [2.05, 4.69) is 12.2 Å². The van der Waals surface area contributed by atoms with Crippen molar-refractivity contribution in [2.45, 2.75) is 64.7 Å². The lowest BCUT2D eigenvalue weighted by Crippen LogP contribution is -2.19. The zero-order chi connectivity index (χ0) is 12.3. The molecule has 0 aliphatic heterocycles. The van der Waals surface area contributed by atoms with E-state index in [4.69, 9.17) is 5.11 Å². The fourth-order valence-corrected chi connectivity index (χ4v) is 2.97. The van der Waals surface area contributed by atoms with E-state index < -0.39 is 0 Å². The highest BCUT2D eigenvalue weighted by atomic mass is 16.2. The lowest BCUT2D eigenvalue weighted by molar-refractivity contribution is 0.236. The topological polar surface area (TPSA) is 32.3 Å². The van der Waals surface area contributed by atoms with Gasteiger partial charge in [-0.3, -0.25) is 0 Å². The summed E-state index contributed by atoms with van der Waals surface area (Å²) in [6.07, 6.45) is 12.1. The van der Waals surface area contributed by atoms with Crippen molar-refractivity contribution in [3.05, 3.63) is 0 Å². The maximum absolute atomic E-state index is 8.65. The summed E-state index contributed by atoms with van der Waals surface area (Å²) in [5.41, 5.74) is 0. The molecule has 0 heterocycles. The second kappa shape index (κ2) is 9.90. The van der Waals surface area contributed by atoms with Gasteiger partial charge in [0.15, 0.2) is 0 Å². The number of aliphatic hydroxyl groups is 1. The Morgan fingerprint density at radius 1 is 1.00 bits per heavy atom. The minimum Gasteiger partial charge on any atom is -0.396 e. The number of aliphatic hydroxyl groups excluding tert-OH is 1. The minimum atomic E-state index is 0.335. The van der Waals surface area contributed by atoms with E-state index in [9.17, 15) is 0 Å². The Balaban J connectivity index is 1.86. The monoisotopic (exact) mass is 241 g/mol. The van der Waals surface area contributed by atoms with Crippen LogP contribution in [-0.4, -0.2) is 24.8 Å². The Bertz CT molecular complexity index is 172. The maximum Gasteiger partial charge on any atom is 0.0431 e. The molecule has 2 heteroatoms. The van der Waals surface area contributed by atoms with Crippen LogP contribution in [0.3, 0.4) is 0 Å². The maximum atomic E-state index is 8.65. The van der Waals surface area contributed by atoms with Gasteiger partial charge in [0.2, 0.25) is 0 Å². The van der Waals surface area contributed by atoms with Crippen molar-refractivity contribution in [2.75, 3.05) is 19.7 Å². The molecule has 0 radical (unpaired) electrons. The van der Waals surface area contributed by atoms with E-state index in [1.165, 1.54) is 44.9 Å². The average Bonchev–Trinajstić information content (AvgIpc) is 2.35. The molecule has 2 N–H and O–H groups in total. The number of hydrogen-bond acceptors (Lipinski definition) is 2. The van der Waals surface area contributed by atoms with Gasteiger partial charge in [0, 0.05) is 6.61 Å². The van der Waals surface area contributed by atoms with E-state index in [-0.39, 0.29) is 0 Å². The van der Waals surface area contributed by atoms with Gasteiger partial charge < -0.3 is 10.4 Å². The summed E-state index contributed by atoms with van der Waals surface area (Å²) in [4.78, 5) is 0. The van der Waals surface area contributed by atoms with E-state index >= 15 is 0 Å². The molecular formula is C15H31NO. The van der Waals surface area contributed by atoms with Crippen LogP contribution in [0.2, 0.25) is 0 Å². The van der Waals surface area contributed by atoms with Gasteiger partial charge in [-0.1, -0.05) is 45.4 Å². The van der Waals surface area contributed by atoms with E-state index in [0.717, 1.165) is 37.8 Å². The summed E-state index contributed by atoms with van der Waals surface area (Å²) >= 11 is 0. The van der Waals surface area contributed by atoms with Crippen LogP contribution in [0.15, 0.2) is 0 Å². The lowest BCUT2D eigenvalue weighted by Gasteiger charge is -2.28. The predicted octanol–water partition coefficient (Wildman–Crippen LogP) is 3.35. The third-order valence-corrected chi connectivity index (χ3v) is 4.23. The van der Waals surface area contributed by atoms with Crippen LogP contribution < -0.4 is 5.32 Å². The SMILES string of the molecule is CC1CCCCC1CCCCNCCCCO. The van der Waals surface area contributed by atoms with Crippen LogP contribution in [0.5, 0.6) is 0 Å². The molecule has 0 spiro atoms. The zero-order valence-corrected chi connectivity index (χ0v) is 11.6. The zero-order valence-electron chi connectivity index (χ0n) is 11.6. The Morgan fingerprint density at radius 2 is 1.71 bits per heavy atom. The summed E-state index contributed by atoms with van der Waals surface area (Å²) in [6, 6.07) is 0. The summed E-state index contributed by atoms with van der Waals surface area (Å²) in [5.74, 6) is 1.99. The number of hydrogen-bond donors (Lipinski definition) is 2. The molecule has 0 saturated heterocycles. The largest absolute Gasteiger partial charge is 0.396 e. The molecule has 1 fully saturated rings. The molecule has 2 atom stereocenters. The van der Waals surface area contributed by atoms with Crippen LogP contribution >= 0.6 is 0 Å². The molecule has 1 rings (SSSR count). The van der Waals surface area contributed by atoms with E-state index in [0.29, 0.717) is 6.61 Å². The first-order chi connectivity index (χ1) is 8.34. The highest BCUT2D eigenvalue weighted by molar-refractivity contribution is 4.72. The number of unbranched alkanes of at least 4 members (excludes halogenated alkanes) is 2. The molecule has 17 heavy (non-hydrogen) atoms. The van der Waals surface area contributed by atoms with Crippen molar-refractivity contribution in [3.8, 4) is 0 Å². The third kappa shape index (κ3) is 7.05. The van der Waals surface area contributed by atoms with Crippen LogP contribution in [-0.2, 0) is 0 Å². The van der Waals surface area contributed by atoms with Crippen molar-refractivity contribution in [3.63, 3.8) is 0 Å². The van der Waals surface area contributed by atoms with Gasteiger partial charge in [-0.25, -0.2) is 0 Å². The molecule has 2 nitrogen and oxygen atoms in total. The van der Waals surface area contributed by atoms with Crippen LogP contribution in [0.4, 0.5) is 0 Å². The Morgan fingerprint density at radius 3 is 2.41 bits per heavy atom. The van der Waals surface area contributed by atoms with Gasteiger partial charge in [0.05, 0.1) is 0 Å². The summed E-state index contributed by atoms with van der Waals surface area (Å²) < 4.78 is 0. The normalized spacial score (nSPS) is 25.1. The smallest absolute Gasteiger partial charge is 0.0431 e. The standard InChI is InChI=1S/C15H31NO/c1-14-8-2-3-9-15(14)10-4-5-11-16-12-6-7-13-17/h14-17H,2-13H2,1H3. The highest BCUT2D eigenvalue weighted by Gasteiger charge is 2.20. The first-order valence-corrected chi connectivity index (χ1v) is 7.66. The van der Waals surface area contributed by atoms with Crippen molar-refractivity contribution in [1.82, 2.24) is 5.32 Å². The molecule has 102 valence electrons. The van der Waals surface area contributed by atoms with Crippen LogP contribution in [0, 0.1) is 11.8 Å². The van der Waals surface area contributed by atoms with Gasteiger partial charge >= 0.3 is 0 Å². The predicted molar refractivity (Wildman–Crippen MR) is 74.2 cm³/mol. The molecule has 0 aromatic carbocycles. The van der Waals surface area contributed by atoms with Crippen LogP contribution in [0.25, 0.3) is 0 Å². The minimum absolute atomic E-state index is 0.335. The van der Waals surface area contributed by atoms with Gasteiger partial charge in [0.1, 0.15) is 0 Å². The highest BCUT2D eigenvalue weighted by Crippen LogP contribution is 2.32. The second-order valence-electron chi connectivity index (χ2n) is 5.70. The number of nitrogens with one attached hydrogen (secondary N) is 1. The summed E-state index contributed by atoms with van der Waals surface area (Å²) in [7, 11) is 0. The van der Waals surface area contributed by atoms with Crippen molar-refractivity contribution < 1.29 is 5.11 Å². The molecule has 0 bridgehead atoms.